The largest absolute Gasteiger partial charge is 0.475 e. The summed E-state index contributed by atoms with van der Waals surface area (Å²) in [5.41, 5.74) is 0. The average molecular weight is 221 g/mol. The van der Waals surface area contributed by atoms with Crippen LogP contribution in [0.2, 0.25) is 0 Å². The van der Waals surface area contributed by atoms with Crippen LogP contribution in [0.15, 0.2) is 12.3 Å². The lowest BCUT2D eigenvalue weighted by molar-refractivity contribution is 0.232. The first-order valence-corrected chi connectivity index (χ1v) is 5.97. The molecule has 1 N–H and O–H groups in total. The Hall–Kier alpha value is -1.32. The van der Waals surface area contributed by atoms with Crippen molar-refractivity contribution >= 4 is 5.95 Å². The highest BCUT2D eigenvalue weighted by Crippen LogP contribution is 2.26. The van der Waals surface area contributed by atoms with Crippen LogP contribution >= 0.6 is 0 Å². The fourth-order valence-corrected chi connectivity index (χ4v) is 1.67. The molecule has 0 amide bonds. The van der Waals surface area contributed by atoms with Gasteiger partial charge >= 0.3 is 0 Å². The van der Waals surface area contributed by atoms with Crippen LogP contribution in [-0.4, -0.2) is 22.6 Å². The number of hydrogen-bond acceptors (Lipinski definition) is 4. The molecule has 16 heavy (non-hydrogen) atoms. The van der Waals surface area contributed by atoms with E-state index in [2.05, 4.69) is 15.3 Å². The third-order valence-corrected chi connectivity index (χ3v) is 2.76. The Morgan fingerprint density at radius 1 is 1.50 bits per heavy atom. The average Bonchev–Trinajstić information content (AvgIpc) is 2.14. The van der Waals surface area contributed by atoms with Crippen LogP contribution in [0.5, 0.6) is 5.88 Å². The molecule has 0 aliphatic heterocycles. The van der Waals surface area contributed by atoms with Crippen molar-refractivity contribution < 1.29 is 4.74 Å². The van der Waals surface area contributed by atoms with Gasteiger partial charge in [0.05, 0.1) is 6.10 Å². The maximum absolute atomic E-state index is 5.51. The first-order chi connectivity index (χ1) is 7.74. The second kappa shape index (κ2) is 5.14. The van der Waals surface area contributed by atoms with Crippen LogP contribution in [0.3, 0.4) is 0 Å². The van der Waals surface area contributed by atoms with E-state index in [1.807, 2.05) is 13.8 Å². The van der Waals surface area contributed by atoms with Crippen molar-refractivity contribution in [3.8, 4) is 5.88 Å². The molecule has 1 aromatic heterocycles. The molecular formula is C12H19N3O. The molecule has 88 valence electrons. The van der Waals surface area contributed by atoms with Gasteiger partial charge in [-0.15, -0.1) is 0 Å². The number of nitrogens with zero attached hydrogens (tertiary/aromatic N) is 2. The third-order valence-electron chi connectivity index (χ3n) is 2.76. The molecule has 4 nitrogen and oxygen atoms in total. The van der Waals surface area contributed by atoms with Crippen LogP contribution < -0.4 is 10.1 Å². The van der Waals surface area contributed by atoms with Crippen molar-refractivity contribution in [2.45, 2.75) is 39.2 Å². The smallest absolute Gasteiger partial charge is 0.225 e. The Kier molecular flexibility index (Phi) is 3.59. The molecule has 0 spiro atoms. The van der Waals surface area contributed by atoms with Crippen molar-refractivity contribution in [3.05, 3.63) is 12.3 Å². The lowest BCUT2D eigenvalue weighted by Crippen LogP contribution is -2.21. The normalized spacial score (nSPS) is 15.9. The van der Waals surface area contributed by atoms with Gasteiger partial charge in [-0.3, -0.25) is 0 Å². The molecule has 1 fully saturated rings. The van der Waals surface area contributed by atoms with Gasteiger partial charge in [0.1, 0.15) is 0 Å². The minimum absolute atomic E-state index is 0.148. The minimum atomic E-state index is 0.148. The molecule has 1 heterocycles. The van der Waals surface area contributed by atoms with E-state index in [4.69, 9.17) is 4.74 Å². The predicted molar refractivity (Wildman–Crippen MR) is 63.6 cm³/mol. The molecule has 2 rings (SSSR count). The highest BCUT2D eigenvalue weighted by atomic mass is 16.5. The number of hydrogen-bond donors (Lipinski definition) is 1. The molecule has 1 aromatic rings. The molecule has 0 radical (unpaired) electrons. The van der Waals surface area contributed by atoms with E-state index >= 15 is 0 Å². The number of aromatic nitrogens is 2. The van der Waals surface area contributed by atoms with E-state index in [0.717, 1.165) is 12.5 Å². The van der Waals surface area contributed by atoms with E-state index in [-0.39, 0.29) is 6.10 Å². The Morgan fingerprint density at radius 3 is 2.94 bits per heavy atom. The lowest BCUT2D eigenvalue weighted by Gasteiger charge is -2.25. The second-order valence-corrected chi connectivity index (χ2v) is 4.56. The molecule has 0 aromatic carbocycles. The van der Waals surface area contributed by atoms with E-state index in [0.29, 0.717) is 11.8 Å². The fraction of sp³-hybridized carbons (Fsp3) is 0.667. The molecule has 0 saturated heterocycles. The van der Waals surface area contributed by atoms with Crippen LogP contribution in [0.1, 0.15) is 33.1 Å². The van der Waals surface area contributed by atoms with Gasteiger partial charge in [-0.25, -0.2) is 4.98 Å². The van der Waals surface area contributed by atoms with Crippen molar-refractivity contribution in [1.29, 1.82) is 0 Å². The summed E-state index contributed by atoms with van der Waals surface area (Å²) in [7, 11) is 0. The summed E-state index contributed by atoms with van der Waals surface area (Å²) in [6.07, 6.45) is 5.90. The first-order valence-electron chi connectivity index (χ1n) is 5.97. The molecule has 1 saturated carbocycles. The van der Waals surface area contributed by atoms with Gasteiger partial charge in [0.25, 0.3) is 0 Å². The highest BCUT2D eigenvalue weighted by molar-refractivity contribution is 5.27. The van der Waals surface area contributed by atoms with Crippen LogP contribution in [0.4, 0.5) is 5.95 Å². The minimum Gasteiger partial charge on any atom is -0.475 e. The summed E-state index contributed by atoms with van der Waals surface area (Å²) in [6, 6.07) is 1.79. The van der Waals surface area contributed by atoms with Gasteiger partial charge in [-0.05, 0) is 32.6 Å². The van der Waals surface area contributed by atoms with Crippen LogP contribution in [0.25, 0.3) is 0 Å². The topological polar surface area (TPSA) is 47.0 Å². The Morgan fingerprint density at radius 2 is 2.31 bits per heavy atom. The van der Waals surface area contributed by atoms with Gasteiger partial charge in [0.15, 0.2) is 0 Å². The van der Waals surface area contributed by atoms with Gasteiger partial charge in [0.2, 0.25) is 11.8 Å². The van der Waals surface area contributed by atoms with Gasteiger partial charge in [-0.2, -0.15) is 4.98 Å². The zero-order valence-corrected chi connectivity index (χ0v) is 9.94. The maximum Gasteiger partial charge on any atom is 0.225 e. The maximum atomic E-state index is 5.51. The van der Waals surface area contributed by atoms with Crippen LogP contribution in [-0.2, 0) is 0 Å². The van der Waals surface area contributed by atoms with Gasteiger partial charge in [0, 0.05) is 18.8 Å². The van der Waals surface area contributed by atoms with E-state index in [1.54, 1.807) is 12.3 Å². The van der Waals surface area contributed by atoms with Crippen molar-refractivity contribution in [1.82, 2.24) is 9.97 Å². The molecule has 0 atom stereocenters. The standard InChI is InChI=1S/C12H19N3O/c1-9(2)16-11-6-7-13-12(15-11)14-8-10-4-3-5-10/h6-7,9-10H,3-5,8H2,1-2H3,(H,13,14,15). The monoisotopic (exact) mass is 221 g/mol. The van der Waals surface area contributed by atoms with Crippen molar-refractivity contribution in [2.75, 3.05) is 11.9 Å². The summed E-state index contributed by atoms with van der Waals surface area (Å²) < 4.78 is 5.51. The van der Waals surface area contributed by atoms with Crippen LogP contribution in [0, 0.1) is 5.92 Å². The number of anilines is 1. The van der Waals surface area contributed by atoms with E-state index in [1.165, 1.54) is 19.3 Å². The molecule has 0 unspecified atom stereocenters. The summed E-state index contributed by atoms with van der Waals surface area (Å²) >= 11 is 0. The number of rotatable bonds is 5. The van der Waals surface area contributed by atoms with Crippen molar-refractivity contribution in [2.24, 2.45) is 5.92 Å². The summed E-state index contributed by atoms with van der Waals surface area (Å²) in [5.74, 6) is 2.12. The SMILES string of the molecule is CC(C)Oc1ccnc(NCC2CCC2)n1. The van der Waals surface area contributed by atoms with Gasteiger partial charge < -0.3 is 10.1 Å². The highest BCUT2D eigenvalue weighted by Gasteiger charge is 2.17. The third kappa shape index (κ3) is 3.08. The predicted octanol–water partition coefficient (Wildman–Crippen LogP) is 2.48. The quantitative estimate of drug-likeness (QED) is 0.829. The molecule has 4 heteroatoms. The zero-order chi connectivity index (χ0) is 11.4. The Bertz CT molecular complexity index is 337. The number of nitrogens with one attached hydrogen (secondary N) is 1. The molecule has 0 bridgehead atoms. The first kappa shape index (κ1) is 11.2. The Balaban J connectivity index is 1.87. The fourth-order valence-electron chi connectivity index (χ4n) is 1.67. The second-order valence-electron chi connectivity index (χ2n) is 4.56. The summed E-state index contributed by atoms with van der Waals surface area (Å²) in [5, 5.41) is 3.26. The molecule has 1 aliphatic rings. The zero-order valence-electron chi connectivity index (χ0n) is 9.94. The summed E-state index contributed by atoms with van der Waals surface area (Å²) in [6.45, 7) is 4.96. The summed E-state index contributed by atoms with van der Waals surface area (Å²) in [4.78, 5) is 8.47. The van der Waals surface area contributed by atoms with E-state index < -0.39 is 0 Å². The Labute approximate surface area is 96.4 Å². The van der Waals surface area contributed by atoms with Crippen molar-refractivity contribution in [3.63, 3.8) is 0 Å². The van der Waals surface area contributed by atoms with E-state index in [9.17, 15) is 0 Å². The molecule has 1 aliphatic carbocycles. The lowest BCUT2D eigenvalue weighted by atomic mass is 9.85. The molecular weight excluding hydrogens is 202 g/mol. The van der Waals surface area contributed by atoms with Gasteiger partial charge in [-0.1, -0.05) is 6.42 Å². The number of ether oxygens (including phenoxy) is 1.